The summed E-state index contributed by atoms with van der Waals surface area (Å²) in [4.78, 5) is 24.1. The number of ketones is 1. The van der Waals surface area contributed by atoms with Gasteiger partial charge in [-0.25, -0.2) is 0 Å². The van der Waals surface area contributed by atoms with Crippen LogP contribution in [0.5, 0.6) is 0 Å². The molecule has 0 aromatic rings. The third kappa shape index (κ3) is 2.58. The Hall–Kier alpha value is -0.900. The van der Waals surface area contributed by atoms with Crippen LogP contribution in [0.2, 0.25) is 0 Å². The second kappa shape index (κ2) is 6.07. The van der Waals surface area contributed by atoms with Gasteiger partial charge in [0.25, 0.3) is 0 Å². The zero-order chi connectivity index (χ0) is 17.8. The van der Waals surface area contributed by atoms with Crippen molar-refractivity contribution < 1.29 is 19.4 Å². The van der Waals surface area contributed by atoms with Gasteiger partial charge in [-0.3, -0.25) is 9.59 Å². The molecule has 0 bridgehead atoms. The summed E-state index contributed by atoms with van der Waals surface area (Å²) in [7, 11) is 0. The summed E-state index contributed by atoms with van der Waals surface area (Å²) in [5, 5.41) is 10.2. The number of ether oxygens (including phenoxy) is 1. The van der Waals surface area contributed by atoms with Gasteiger partial charge in [-0.05, 0) is 75.0 Å². The number of fused-ring (bicyclic) bond motifs is 5. The van der Waals surface area contributed by atoms with Crippen molar-refractivity contribution in [3.05, 3.63) is 0 Å². The Morgan fingerprint density at radius 2 is 1.96 bits per heavy atom. The molecular formula is C21H32O4. The first-order chi connectivity index (χ1) is 11.9. The van der Waals surface area contributed by atoms with Gasteiger partial charge in [0.15, 0.2) is 0 Å². The predicted molar refractivity (Wildman–Crippen MR) is 93.7 cm³/mol. The van der Waals surface area contributed by atoms with Crippen molar-refractivity contribution in [2.45, 2.75) is 77.7 Å². The molecule has 4 aliphatic rings. The molecule has 25 heavy (non-hydrogen) atoms. The van der Waals surface area contributed by atoms with E-state index in [0.29, 0.717) is 36.1 Å². The molecule has 1 N–H and O–H groups in total. The van der Waals surface area contributed by atoms with E-state index in [2.05, 4.69) is 6.92 Å². The second-order valence-electron chi connectivity index (χ2n) is 9.51. The number of Topliss-reactive ketones (excluding diaryl/α,β-unsaturated/α-hetero) is 1. The number of aliphatic hydroxyl groups excluding tert-OH is 1. The van der Waals surface area contributed by atoms with Crippen LogP contribution in [0.4, 0.5) is 0 Å². The Morgan fingerprint density at radius 1 is 1.16 bits per heavy atom. The number of hydrogen-bond acceptors (Lipinski definition) is 4. The van der Waals surface area contributed by atoms with Crippen molar-refractivity contribution in [3.8, 4) is 0 Å². The third-order valence-electron chi connectivity index (χ3n) is 8.59. The fourth-order valence-electron chi connectivity index (χ4n) is 7.32. The van der Waals surface area contributed by atoms with Crippen LogP contribution in [0, 0.1) is 34.5 Å². The van der Waals surface area contributed by atoms with Crippen LogP contribution in [0.1, 0.15) is 71.6 Å². The van der Waals surface area contributed by atoms with Gasteiger partial charge >= 0.3 is 5.97 Å². The van der Waals surface area contributed by atoms with Gasteiger partial charge in [0.2, 0.25) is 0 Å². The Morgan fingerprint density at radius 3 is 2.72 bits per heavy atom. The fourth-order valence-corrected chi connectivity index (χ4v) is 7.32. The van der Waals surface area contributed by atoms with Gasteiger partial charge in [0, 0.05) is 24.2 Å². The first kappa shape index (κ1) is 17.5. The molecule has 4 heteroatoms. The molecule has 4 nitrogen and oxygen atoms in total. The van der Waals surface area contributed by atoms with E-state index in [1.54, 1.807) is 0 Å². The van der Waals surface area contributed by atoms with Crippen LogP contribution < -0.4 is 0 Å². The van der Waals surface area contributed by atoms with E-state index in [0.717, 1.165) is 51.4 Å². The SMILES string of the molecule is CC(=O)OC[C@]12CCC(O)CC1CC[C@@H]1[C@H]2CC[C@]2(C)C(=O)CC[C@@H]12. The molecule has 0 saturated heterocycles. The first-order valence-electron chi connectivity index (χ1n) is 10.2. The van der Waals surface area contributed by atoms with Crippen LogP contribution in [0.15, 0.2) is 0 Å². The minimum Gasteiger partial charge on any atom is -0.465 e. The summed E-state index contributed by atoms with van der Waals surface area (Å²) in [6.07, 6.45) is 8.60. The number of esters is 1. The van der Waals surface area contributed by atoms with Gasteiger partial charge < -0.3 is 9.84 Å². The fraction of sp³-hybridized carbons (Fsp3) is 0.905. The highest BCUT2D eigenvalue weighted by atomic mass is 16.5. The van der Waals surface area contributed by atoms with Gasteiger partial charge in [-0.1, -0.05) is 6.92 Å². The minimum atomic E-state index is -0.200. The lowest BCUT2D eigenvalue weighted by molar-refractivity contribution is -0.173. The summed E-state index contributed by atoms with van der Waals surface area (Å²) in [5.41, 5.74) is -0.0778. The van der Waals surface area contributed by atoms with E-state index in [1.165, 1.54) is 13.3 Å². The standard InChI is InChI=1S/C21H32O4/c1-13(22)25-12-21-10-7-15(23)11-14(21)3-4-16-17-5-6-19(24)20(17,2)9-8-18(16)21/h14-18,23H,3-12H2,1-2H3/t14?,15?,16-,17-,18+,20-,21+/m0/s1. The molecule has 4 fully saturated rings. The third-order valence-corrected chi connectivity index (χ3v) is 8.59. The van der Waals surface area contributed by atoms with Crippen molar-refractivity contribution in [2.75, 3.05) is 6.61 Å². The van der Waals surface area contributed by atoms with Crippen LogP contribution in [0.3, 0.4) is 0 Å². The maximum absolute atomic E-state index is 12.5. The zero-order valence-corrected chi connectivity index (χ0v) is 15.6. The quantitative estimate of drug-likeness (QED) is 0.776. The topological polar surface area (TPSA) is 63.6 Å². The smallest absolute Gasteiger partial charge is 0.302 e. The van der Waals surface area contributed by atoms with E-state index in [9.17, 15) is 14.7 Å². The lowest BCUT2D eigenvalue weighted by Crippen LogP contribution is -2.57. The van der Waals surface area contributed by atoms with Crippen molar-refractivity contribution in [3.63, 3.8) is 0 Å². The highest BCUT2D eigenvalue weighted by Crippen LogP contribution is 2.65. The number of carbonyl (C=O) groups is 2. The van der Waals surface area contributed by atoms with Gasteiger partial charge in [-0.2, -0.15) is 0 Å². The van der Waals surface area contributed by atoms with Crippen molar-refractivity contribution in [1.29, 1.82) is 0 Å². The van der Waals surface area contributed by atoms with Crippen LogP contribution >= 0.6 is 0 Å². The number of rotatable bonds is 2. The summed E-state index contributed by atoms with van der Waals surface area (Å²) in [6.45, 7) is 4.22. The van der Waals surface area contributed by atoms with Crippen molar-refractivity contribution >= 4 is 11.8 Å². The normalized spacial score (nSPS) is 49.1. The Labute approximate surface area is 150 Å². The number of carbonyl (C=O) groups excluding carboxylic acids is 2. The lowest BCUT2D eigenvalue weighted by atomic mass is 9.45. The van der Waals surface area contributed by atoms with E-state index >= 15 is 0 Å². The Balaban J connectivity index is 1.65. The Kier molecular flexibility index (Phi) is 4.25. The second-order valence-corrected chi connectivity index (χ2v) is 9.51. The molecule has 4 saturated carbocycles. The molecule has 0 spiro atoms. The molecule has 4 rings (SSSR count). The molecular weight excluding hydrogens is 316 g/mol. The molecule has 0 aromatic carbocycles. The Bertz CT molecular complexity index is 572. The average molecular weight is 348 g/mol. The van der Waals surface area contributed by atoms with Crippen LogP contribution in [-0.2, 0) is 14.3 Å². The van der Waals surface area contributed by atoms with Gasteiger partial charge in [-0.15, -0.1) is 0 Å². The summed E-state index contributed by atoms with van der Waals surface area (Å²) in [6, 6.07) is 0. The summed E-state index contributed by atoms with van der Waals surface area (Å²) < 4.78 is 5.60. The molecule has 2 unspecified atom stereocenters. The monoisotopic (exact) mass is 348 g/mol. The lowest BCUT2D eigenvalue weighted by Gasteiger charge is -2.60. The molecule has 0 aliphatic heterocycles. The van der Waals surface area contributed by atoms with Crippen molar-refractivity contribution in [1.82, 2.24) is 0 Å². The molecule has 0 amide bonds. The molecule has 7 atom stereocenters. The van der Waals surface area contributed by atoms with Gasteiger partial charge in [0.1, 0.15) is 5.78 Å². The van der Waals surface area contributed by atoms with E-state index in [1.807, 2.05) is 0 Å². The van der Waals surface area contributed by atoms with E-state index in [-0.39, 0.29) is 22.9 Å². The molecule has 0 aromatic heterocycles. The highest BCUT2D eigenvalue weighted by Gasteiger charge is 2.61. The molecule has 0 heterocycles. The number of hydrogen-bond donors (Lipinski definition) is 1. The highest BCUT2D eigenvalue weighted by molar-refractivity contribution is 5.87. The summed E-state index contributed by atoms with van der Waals surface area (Å²) >= 11 is 0. The van der Waals surface area contributed by atoms with E-state index in [4.69, 9.17) is 4.74 Å². The number of aliphatic hydroxyl groups is 1. The molecule has 0 radical (unpaired) electrons. The van der Waals surface area contributed by atoms with Crippen molar-refractivity contribution in [2.24, 2.45) is 34.5 Å². The summed E-state index contributed by atoms with van der Waals surface area (Å²) in [5.74, 6) is 2.39. The largest absolute Gasteiger partial charge is 0.465 e. The molecule has 4 aliphatic carbocycles. The average Bonchev–Trinajstić information content (AvgIpc) is 2.88. The molecule has 140 valence electrons. The predicted octanol–water partition coefficient (Wildman–Crippen LogP) is 3.50. The van der Waals surface area contributed by atoms with E-state index < -0.39 is 0 Å². The maximum atomic E-state index is 12.5. The zero-order valence-electron chi connectivity index (χ0n) is 15.6. The maximum Gasteiger partial charge on any atom is 0.302 e. The first-order valence-corrected chi connectivity index (χ1v) is 10.2. The minimum absolute atomic E-state index is 0.0286. The van der Waals surface area contributed by atoms with Gasteiger partial charge in [0.05, 0.1) is 12.7 Å². The van der Waals surface area contributed by atoms with Crippen LogP contribution in [-0.4, -0.2) is 29.6 Å². The van der Waals surface area contributed by atoms with Crippen LogP contribution in [0.25, 0.3) is 0 Å².